The first-order chi connectivity index (χ1) is 7.76. The van der Waals surface area contributed by atoms with Crippen molar-refractivity contribution >= 4 is 22.4 Å². The molecule has 2 heterocycles. The van der Waals surface area contributed by atoms with E-state index in [0.717, 1.165) is 30.9 Å². The van der Waals surface area contributed by atoms with Crippen LogP contribution in [0.5, 0.6) is 0 Å². The fraction of sp³-hybridized carbons (Fsp3) is 0.600. The minimum absolute atomic E-state index is 0.201. The summed E-state index contributed by atoms with van der Waals surface area (Å²) in [6.07, 6.45) is 2.08. The van der Waals surface area contributed by atoms with Crippen LogP contribution in [0.25, 0.3) is 0 Å². The number of hydrogen-bond acceptors (Lipinski definition) is 6. The average Bonchev–Trinajstić information content (AvgIpc) is 2.70. The molecule has 1 aliphatic rings. The second-order valence-electron chi connectivity index (χ2n) is 4.00. The van der Waals surface area contributed by atoms with Crippen LogP contribution in [-0.2, 0) is 0 Å². The second-order valence-corrected chi connectivity index (χ2v) is 4.75. The first-order valence-electron chi connectivity index (χ1n) is 5.27. The van der Waals surface area contributed by atoms with Crippen LogP contribution < -0.4 is 10.6 Å². The van der Waals surface area contributed by atoms with Gasteiger partial charge in [-0.2, -0.15) is 9.64 Å². The lowest BCUT2D eigenvalue weighted by Crippen LogP contribution is -2.36. The summed E-state index contributed by atoms with van der Waals surface area (Å²) in [5.74, 6) is 0.609. The van der Waals surface area contributed by atoms with Crippen molar-refractivity contribution in [3.63, 3.8) is 0 Å². The van der Waals surface area contributed by atoms with Crippen LogP contribution in [0.2, 0.25) is 0 Å². The molecular weight excluding hydrogens is 224 g/mol. The molecule has 0 aliphatic carbocycles. The van der Waals surface area contributed by atoms with E-state index in [1.54, 1.807) is 0 Å². The van der Waals surface area contributed by atoms with E-state index >= 15 is 0 Å². The second kappa shape index (κ2) is 4.68. The number of nitrogen functional groups attached to an aromatic ring is 1. The third-order valence-electron chi connectivity index (χ3n) is 2.88. The molecule has 1 fully saturated rings. The maximum atomic E-state index is 9.16. The summed E-state index contributed by atoms with van der Waals surface area (Å²) in [5, 5.41) is 19.0. The number of hydrogen-bond donors (Lipinski definition) is 2. The fourth-order valence-corrected chi connectivity index (χ4v) is 2.81. The van der Waals surface area contributed by atoms with Gasteiger partial charge in [0.15, 0.2) is 5.82 Å². The van der Waals surface area contributed by atoms with E-state index in [9.17, 15) is 0 Å². The SMILES string of the molecule is N#Cc1c(N)nsc1N1CCCC(CO)C1. The van der Waals surface area contributed by atoms with Gasteiger partial charge in [-0.05, 0) is 30.3 Å². The van der Waals surface area contributed by atoms with Crippen LogP contribution in [0.3, 0.4) is 0 Å². The van der Waals surface area contributed by atoms with E-state index in [4.69, 9.17) is 16.1 Å². The minimum Gasteiger partial charge on any atom is -0.396 e. The van der Waals surface area contributed by atoms with Crippen LogP contribution in [0.15, 0.2) is 0 Å². The number of aliphatic hydroxyl groups excluding tert-OH is 1. The summed E-state index contributed by atoms with van der Waals surface area (Å²) in [6.45, 7) is 1.90. The van der Waals surface area contributed by atoms with Crippen molar-refractivity contribution in [1.29, 1.82) is 5.26 Å². The molecule has 1 saturated heterocycles. The molecule has 1 atom stereocenters. The molecule has 2 rings (SSSR count). The van der Waals surface area contributed by atoms with Crippen molar-refractivity contribution in [3.8, 4) is 6.07 Å². The highest BCUT2D eigenvalue weighted by Gasteiger charge is 2.24. The maximum absolute atomic E-state index is 9.16. The zero-order valence-electron chi connectivity index (χ0n) is 8.89. The summed E-state index contributed by atoms with van der Waals surface area (Å²) < 4.78 is 4.01. The Kier molecular flexibility index (Phi) is 3.27. The maximum Gasteiger partial charge on any atom is 0.157 e. The highest BCUT2D eigenvalue weighted by Crippen LogP contribution is 2.32. The summed E-state index contributed by atoms with van der Waals surface area (Å²) in [4.78, 5) is 2.11. The molecule has 0 bridgehead atoms. The predicted octanol–water partition coefficient (Wildman–Crippen LogP) is 0.806. The van der Waals surface area contributed by atoms with Crippen LogP contribution in [-0.4, -0.2) is 29.2 Å². The summed E-state index contributed by atoms with van der Waals surface area (Å²) >= 11 is 1.27. The van der Waals surface area contributed by atoms with E-state index in [2.05, 4.69) is 15.3 Å². The Hall–Kier alpha value is -1.32. The van der Waals surface area contributed by atoms with Crippen molar-refractivity contribution in [2.24, 2.45) is 5.92 Å². The van der Waals surface area contributed by atoms with Crippen molar-refractivity contribution in [2.75, 3.05) is 30.3 Å². The van der Waals surface area contributed by atoms with E-state index in [1.165, 1.54) is 11.5 Å². The molecule has 3 N–H and O–H groups in total. The zero-order valence-corrected chi connectivity index (χ0v) is 9.70. The lowest BCUT2D eigenvalue weighted by atomic mass is 9.99. The molecule has 6 heteroatoms. The van der Waals surface area contributed by atoms with Crippen molar-refractivity contribution in [1.82, 2.24) is 4.37 Å². The smallest absolute Gasteiger partial charge is 0.157 e. The minimum atomic E-state index is 0.201. The van der Waals surface area contributed by atoms with Gasteiger partial charge in [-0.3, -0.25) is 0 Å². The number of nitriles is 1. The van der Waals surface area contributed by atoms with Crippen molar-refractivity contribution < 1.29 is 5.11 Å². The van der Waals surface area contributed by atoms with Gasteiger partial charge in [0.05, 0.1) is 0 Å². The fourth-order valence-electron chi connectivity index (χ4n) is 2.01. The molecule has 0 spiro atoms. The summed E-state index contributed by atoms with van der Waals surface area (Å²) in [7, 11) is 0. The number of aliphatic hydroxyl groups is 1. The third kappa shape index (κ3) is 1.96. The Labute approximate surface area is 98.3 Å². The molecule has 1 aromatic rings. The van der Waals surface area contributed by atoms with Crippen LogP contribution in [0.4, 0.5) is 10.8 Å². The Morgan fingerprint density at radius 2 is 2.50 bits per heavy atom. The Morgan fingerprint density at radius 3 is 3.19 bits per heavy atom. The standard InChI is InChI=1S/C10H14N4OS/c11-4-8-9(12)13-16-10(8)14-3-1-2-7(5-14)6-15/h7,15H,1-3,5-6H2,(H2,12,13). The van der Waals surface area contributed by atoms with E-state index < -0.39 is 0 Å². The molecule has 1 aliphatic heterocycles. The van der Waals surface area contributed by atoms with Gasteiger partial charge < -0.3 is 15.7 Å². The van der Waals surface area contributed by atoms with Crippen molar-refractivity contribution in [3.05, 3.63) is 5.56 Å². The summed E-state index contributed by atoms with van der Waals surface area (Å²) in [5.41, 5.74) is 6.10. The third-order valence-corrected chi connectivity index (χ3v) is 3.80. The van der Waals surface area contributed by atoms with Crippen molar-refractivity contribution in [2.45, 2.75) is 12.8 Å². The lowest BCUT2D eigenvalue weighted by molar-refractivity contribution is 0.209. The number of rotatable bonds is 2. The molecule has 1 aromatic heterocycles. The quantitative estimate of drug-likeness (QED) is 0.796. The zero-order chi connectivity index (χ0) is 11.5. The van der Waals surface area contributed by atoms with Gasteiger partial charge in [-0.25, -0.2) is 0 Å². The van der Waals surface area contributed by atoms with Gasteiger partial charge in [0.2, 0.25) is 0 Å². The highest BCUT2D eigenvalue weighted by molar-refractivity contribution is 7.10. The molecule has 0 saturated carbocycles. The number of piperidine rings is 1. The van der Waals surface area contributed by atoms with Gasteiger partial charge in [-0.15, -0.1) is 0 Å². The Bertz CT molecular complexity index is 411. The monoisotopic (exact) mass is 238 g/mol. The van der Waals surface area contributed by atoms with E-state index in [0.29, 0.717) is 17.3 Å². The lowest BCUT2D eigenvalue weighted by Gasteiger charge is -2.32. The molecule has 5 nitrogen and oxygen atoms in total. The normalized spacial score (nSPS) is 20.8. The topological polar surface area (TPSA) is 86.2 Å². The Morgan fingerprint density at radius 1 is 1.69 bits per heavy atom. The first kappa shape index (κ1) is 11.2. The highest BCUT2D eigenvalue weighted by atomic mass is 32.1. The molecule has 86 valence electrons. The van der Waals surface area contributed by atoms with Gasteiger partial charge in [0.1, 0.15) is 16.6 Å². The molecule has 0 aromatic carbocycles. The van der Waals surface area contributed by atoms with Gasteiger partial charge >= 0.3 is 0 Å². The van der Waals surface area contributed by atoms with Crippen LogP contribution in [0, 0.1) is 17.2 Å². The predicted molar refractivity (Wildman–Crippen MR) is 63.3 cm³/mol. The van der Waals surface area contributed by atoms with Crippen LogP contribution >= 0.6 is 11.5 Å². The van der Waals surface area contributed by atoms with E-state index in [1.807, 2.05) is 0 Å². The van der Waals surface area contributed by atoms with Crippen LogP contribution in [0.1, 0.15) is 18.4 Å². The van der Waals surface area contributed by atoms with E-state index in [-0.39, 0.29) is 6.61 Å². The van der Waals surface area contributed by atoms with Gasteiger partial charge in [0, 0.05) is 19.7 Å². The summed E-state index contributed by atoms with van der Waals surface area (Å²) in [6, 6.07) is 2.09. The average molecular weight is 238 g/mol. The molecule has 1 unspecified atom stereocenters. The number of nitrogens with two attached hydrogens (primary N) is 1. The number of aromatic nitrogens is 1. The largest absolute Gasteiger partial charge is 0.396 e. The number of anilines is 2. The number of nitrogens with zero attached hydrogens (tertiary/aromatic N) is 3. The molecule has 0 radical (unpaired) electrons. The molecular formula is C10H14N4OS. The Balaban J connectivity index is 2.20. The first-order valence-corrected chi connectivity index (χ1v) is 6.04. The van der Waals surface area contributed by atoms with Gasteiger partial charge in [-0.1, -0.05) is 0 Å². The van der Waals surface area contributed by atoms with Gasteiger partial charge in [0.25, 0.3) is 0 Å². The molecule has 0 amide bonds. The molecule has 16 heavy (non-hydrogen) atoms.